The maximum Gasteiger partial charge on any atom is 0.256 e. The Bertz CT molecular complexity index is 642. The third kappa shape index (κ3) is 3.40. The molecule has 7 heteroatoms. The number of hydrogen-bond acceptors (Lipinski definition) is 5. The van der Waals surface area contributed by atoms with E-state index in [-0.39, 0.29) is 35.5 Å². The summed E-state index contributed by atoms with van der Waals surface area (Å²) < 4.78 is 17.9. The first-order valence-corrected chi connectivity index (χ1v) is 7.87. The number of aromatic nitrogens is 1. The Labute approximate surface area is 134 Å². The lowest BCUT2D eigenvalue weighted by Gasteiger charge is -2.39. The topological polar surface area (TPSA) is 78.8 Å². The predicted molar refractivity (Wildman–Crippen MR) is 82.8 cm³/mol. The molecule has 3 rings (SSSR count). The first-order chi connectivity index (χ1) is 11.1. The molecule has 23 heavy (non-hydrogen) atoms. The average molecular weight is 322 g/mol. The molecule has 1 saturated carbocycles. The van der Waals surface area contributed by atoms with Crippen molar-refractivity contribution in [3.8, 4) is 5.75 Å². The highest BCUT2D eigenvalue weighted by atomic mass is 16.6. The van der Waals surface area contributed by atoms with Gasteiger partial charge in [0.25, 0.3) is 11.5 Å². The Morgan fingerprint density at radius 2 is 2.04 bits per heavy atom. The van der Waals surface area contributed by atoms with Crippen molar-refractivity contribution in [2.24, 2.45) is 7.05 Å². The van der Waals surface area contributed by atoms with Crippen LogP contribution in [0.15, 0.2) is 17.1 Å². The Hall–Kier alpha value is -1.86. The van der Waals surface area contributed by atoms with Crippen LogP contribution in [0.2, 0.25) is 0 Å². The van der Waals surface area contributed by atoms with Gasteiger partial charge >= 0.3 is 0 Å². The van der Waals surface area contributed by atoms with Crippen LogP contribution in [0.3, 0.4) is 0 Å². The highest BCUT2D eigenvalue weighted by Crippen LogP contribution is 2.27. The Morgan fingerprint density at radius 3 is 2.78 bits per heavy atom. The molecule has 0 unspecified atom stereocenters. The average Bonchev–Trinajstić information content (AvgIpc) is 2.56. The zero-order valence-electron chi connectivity index (χ0n) is 13.4. The van der Waals surface area contributed by atoms with Crippen molar-refractivity contribution < 1.29 is 19.0 Å². The lowest BCUT2D eigenvalue weighted by molar-refractivity contribution is -0.157. The SMILES string of the molecule is COc1cc(=O)n(C)cc1C(=O)N[C@@H]1CC[C@H]2OCCO[C@@H]2C1. The molecule has 2 fully saturated rings. The van der Waals surface area contributed by atoms with E-state index in [1.165, 1.54) is 23.9 Å². The van der Waals surface area contributed by atoms with Crippen LogP contribution in [0.4, 0.5) is 0 Å². The molecule has 3 atom stereocenters. The van der Waals surface area contributed by atoms with Crippen LogP contribution in [-0.4, -0.2) is 49.0 Å². The number of amides is 1. The van der Waals surface area contributed by atoms with Crippen LogP contribution >= 0.6 is 0 Å². The van der Waals surface area contributed by atoms with Gasteiger partial charge in [-0.05, 0) is 19.3 Å². The number of aryl methyl sites for hydroxylation is 1. The third-order valence-electron chi connectivity index (χ3n) is 4.47. The molecular weight excluding hydrogens is 300 g/mol. The summed E-state index contributed by atoms with van der Waals surface area (Å²) in [5.74, 6) is 0.0502. The fourth-order valence-electron chi connectivity index (χ4n) is 3.21. The fraction of sp³-hybridized carbons (Fsp3) is 0.625. The number of rotatable bonds is 3. The molecule has 1 amide bonds. The van der Waals surface area contributed by atoms with Gasteiger partial charge in [0.2, 0.25) is 0 Å². The molecule has 0 aromatic carbocycles. The molecule has 1 aliphatic carbocycles. The first kappa shape index (κ1) is 16.0. The van der Waals surface area contributed by atoms with Gasteiger partial charge in [-0.3, -0.25) is 9.59 Å². The van der Waals surface area contributed by atoms with E-state index in [0.29, 0.717) is 18.8 Å². The first-order valence-electron chi connectivity index (χ1n) is 7.87. The molecule has 1 aliphatic heterocycles. The van der Waals surface area contributed by atoms with Crippen LogP contribution in [0, 0.1) is 0 Å². The molecule has 1 aromatic rings. The molecule has 2 aliphatic rings. The summed E-state index contributed by atoms with van der Waals surface area (Å²) in [6, 6.07) is 1.36. The summed E-state index contributed by atoms with van der Waals surface area (Å²) in [7, 11) is 3.06. The van der Waals surface area contributed by atoms with Crippen LogP contribution in [0.5, 0.6) is 5.75 Å². The van der Waals surface area contributed by atoms with E-state index < -0.39 is 0 Å². The second-order valence-electron chi connectivity index (χ2n) is 6.01. The zero-order valence-corrected chi connectivity index (χ0v) is 13.4. The highest BCUT2D eigenvalue weighted by molar-refractivity contribution is 5.96. The molecule has 1 saturated heterocycles. The van der Waals surface area contributed by atoms with E-state index in [9.17, 15) is 9.59 Å². The monoisotopic (exact) mass is 322 g/mol. The van der Waals surface area contributed by atoms with Crippen molar-refractivity contribution in [3.05, 3.63) is 28.2 Å². The number of carbonyl (C=O) groups excluding carboxylic acids is 1. The van der Waals surface area contributed by atoms with Crippen LogP contribution in [0.1, 0.15) is 29.6 Å². The van der Waals surface area contributed by atoms with Crippen LogP contribution in [0.25, 0.3) is 0 Å². The molecule has 1 aromatic heterocycles. The Kier molecular flexibility index (Phi) is 4.68. The molecule has 0 bridgehead atoms. The number of pyridine rings is 1. The van der Waals surface area contributed by atoms with Gasteiger partial charge in [-0.2, -0.15) is 0 Å². The lowest BCUT2D eigenvalue weighted by atomic mass is 9.89. The van der Waals surface area contributed by atoms with Gasteiger partial charge in [0.05, 0.1) is 38.1 Å². The van der Waals surface area contributed by atoms with Crippen molar-refractivity contribution in [3.63, 3.8) is 0 Å². The summed E-state index contributed by atoms with van der Waals surface area (Å²) in [6.07, 6.45) is 4.16. The number of nitrogens with one attached hydrogen (secondary N) is 1. The van der Waals surface area contributed by atoms with Crippen molar-refractivity contribution >= 4 is 5.91 Å². The number of hydrogen-bond donors (Lipinski definition) is 1. The Balaban J connectivity index is 1.70. The summed E-state index contributed by atoms with van der Waals surface area (Å²) in [4.78, 5) is 24.2. The third-order valence-corrected chi connectivity index (χ3v) is 4.47. The second-order valence-corrected chi connectivity index (χ2v) is 6.01. The zero-order chi connectivity index (χ0) is 16.4. The van der Waals surface area contributed by atoms with E-state index in [0.717, 1.165) is 19.3 Å². The second kappa shape index (κ2) is 6.72. The summed E-state index contributed by atoms with van der Waals surface area (Å²) >= 11 is 0. The number of methoxy groups -OCH3 is 1. The summed E-state index contributed by atoms with van der Waals surface area (Å²) in [5.41, 5.74) is 0.143. The molecule has 0 spiro atoms. The molecule has 0 radical (unpaired) electrons. The number of fused-ring (bicyclic) bond motifs is 1. The number of ether oxygens (including phenoxy) is 3. The van der Waals surface area contributed by atoms with Gasteiger partial charge in [-0.25, -0.2) is 0 Å². The van der Waals surface area contributed by atoms with Gasteiger partial charge in [-0.1, -0.05) is 0 Å². The minimum atomic E-state index is -0.238. The van der Waals surface area contributed by atoms with Gasteiger partial charge < -0.3 is 24.1 Å². The molecule has 1 N–H and O–H groups in total. The molecular formula is C16H22N2O5. The van der Waals surface area contributed by atoms with Crippen molar-refractivity contribution in [1.82, 2.24) is 9.88 Å². The maximum atomic E-state index is 12.5. The van der Waals surface area contributed by atoms with E-state index in [1.54, 1.807) is 7.05 Å². The quantitative estimate of drug-likeness (QED) is 0.875. The number of carbonyl (C=O) groups is 1. The fourth-order valence-corrected chi connectivity index (χ4v) is 3.21. The minimum Gasteiger partial charge on any atom is -0.496 e. The smallest absolute Gasteiger partial charge is 0.256 e. The van der Waals surface area contributed by atoms with Gasteiger partial charge in [0, 0.05) is 25.4 Å². The molecule has 2 heterocycles. The largest absolute Gasteiger partial charge is 0.496 e. The van der Waals surface area contributed by atoms with E-state index in [1.807, 2.05) is 0 Å². The normalized spacial score (nSPS) is 27.1. The van der Waals surface area contributed by atoms with Gasteiger partial charge in [-0.15, -0.1) is 0 Å². The standard InChI is InChI=1S/C16H22N2O5/c1-18-9-11(13(21-2)8-15(18)19)16(20)17-10-3-4-12-14(7-10)23-6-5-22-12/h8-10,12,14H,3-7H2,1-2H3,(H,17,20)/t10-,12-,14-/m1/s1. The van der Waals surface area contributed by atoms with Crippen LogP contribution in [-0.2, 0) is 16.5 Å². The minimum absolute atomic E-state index is 0.0346. The highest BCUT2D eigenvalue weighted by Gasteiger charge is 2.35. The van der Waals surface area contributed by atoms with E-state index in [2.05, 4.69) is 5.32 Å². The molecule has 7 nitrogen and oxygen atoms in total. The van der Waals surface area contributed by atoms with Crippen molar-refractivity contribution in [1.29, 1.82) is 0 Å². The van der Waals surface area contributed by atoms with E-state index >= 15 is 0 Å². The predicted octanol–water partition coefficient (Wildman–Crippen LogP) is 0.460. The van der Waals surface area contributed by atoms with Crippen molar-refractivity contribution in [2.45, 2.75) is 37.5 Å². The van der Waals surface area contributed by atoms with Gasteiger partial charge in [0.15, 0.2) is 0 Å². The van der Waals surface area contributed by atoms with Gasteiger partial charge in [0.1, 0.15) is 5.75 Å². The van der Waals surface area contributed by atoms with Crippen LogP contribution < -0.4 is 15.6 Å². The maximum absolute atomic E-state index is 12.5. The summed E-state index contributed by atoms with van der Waals surface area (Å²) in [5, 5.41) is 3.02. The molecule has 126 valence electrons. The van der Waals surface area contributed by atoms with E-state index in [4.69, 9.17) is 14.2 Å². The number of nitrogens with zero attached hydrogens (tertiary/aromatic N) is 1. The summed E-state index contributed by atoms with van der Waals surface area (Å²) in [6.45, 7) is 1.25. The Morgan fingerprint density at radius 1 is 1.30 bits per heavy atom. The lowest BCUT2D eigenvalue weighted by Crippen LogP contribution is -2.49. The van der Waals surface area contributed by atoms with Crippen molar-refractivity contribution in [2.75, 3.05) is 20.3 Å².